The van der Waals surface area contributed by atoms with Crippen LogP contribution in [0.25, 0.3) is 21.9 Å². The van der Waals surface area contributed by atoms with Crippen molar-refractivity contribution in [1.82, 2.24) is 25.7 Å². The van der Waals surface area contributed by atoms with Crippen molar-refractivity contribution >= 4 is 16.7 Å². The van der Waals surface area contributed by atoms with Gasteiger partial charge in [-0.1, -0.05) is 31.5 Å². The number of benzene rings is 2. The average Bonchev–Trinajstić information content (AvgIpc) is 3.41. The Bertz CT molecular complexity index is 1400. The highest BCUT2D eigenvalue weighted by Crippen LogP contribution is 2.47. The largest absolute Gasteiger partial charge is 0.496 e. The molecule has 0 spiro atoms. The first-order valence-electron chi connectivity index (χ1n) is 12.0. The summed E-state index contributed by atoms with van der Waals surface area (Å²) in [5.74, 6) is 0.543. The monoisotopic (exact) mass is 471 g/mol. The van der Waals surface area contributed by atoms with Gasteiger partial charge in [-0.3, -0.25) is 14.7 Å². The van der Waals surface area contributed by atoms with Gasteiger partial charge in [0.05, 0.1) is 24.4 Å². The van der Waals surface area contributed by atoms with Crippen LogP contribution in [0.1, 0.15) is 48.7 Å². The molecule has 1 saturated carbocycles. The summed E-state index contributed by atoms with van der Waals surface area (Å²) in [5, 5.41) is 18.5. The van der Waals surface area contributed by atoms with Crippen LogP contribution in [0.3, 0.4) is 0 Å². The maximum atomic E-state index is 12.9. The lowest BCUT2D eigenvalue weighted by molar-refractivity contribution is 0.0571. The van der Waals surface area contributed by atoms with E-state index in [1.165, 1.54) is 0 Å². The fourth-order valence-electron chi connectivity index (χ4n) is 5.24. The third kappa shape index (κ3) is 4.43. The number of carbonyl (C=O) groups excluding carboxylic acids is 1. The van der Waals surface area contributed by atoms with Crippen molar-refractivity contribution in [3.05, 3.63) is 76.5 Å². The summed E-state index contributed by atoms with van der Waals surface area (Å²) >= 11 is 0. The summed E-state index contributed by atoms with van der Waals surface area (Å²) in [7, 11) is 1.60. The number of nitrogens with zero attached hydrogens (tertiary/aromatic N) is 2. The van der Waals surface area contributed by atoms with Crippen molar-refractivity contribution < 1.29 is 9.53 Å². The van der Waals surface area contributed by atoms with E-state index >= 15 is 0 Å². The number of H-pyrrole nitrogens is 2. The zero-order chi connectivity index (χ0) is 24.4. The summed E-state index contributed by atoms with van der Waals surface area (Å²) < 4.78 is 5.52. The number of rotatable bonds is 8. The van der Waals surface area contributed by atoms with E-state index in [0.717, 1.165) is 54.3 Å². The minimum atomic E-state index is -0.157. The van der Waals surface area contributed by atoms with E-state index in [1.807, 2.05) is 36.4 Å². The van der Waals surface area contributed by atoms with Gasteiger partial charge in [0.1, 0.15) is 5.75 Å². The quantitative estimate of drug-likeness (QED) is 0.356. The number of hydrogen-bond donors (Lipinski definition) is 3. The van der Waals surface area contributed by atoms with E-state index in [9.17, 15) is 9.59 Å². The molecule has 1 amide bonds. The molecule has 8 nitrogen and oxygen atoms in total. The highest BCUT2D eigenvalue weighted by Gasteiger charge is 2.43. The van der Waals surface area contributed by atoms with E-state index in [4.69, 9.17) is 4.74 Å². The number of fused-ring (bicyclic) bond motifs is 1. The van der Waals surface area contributed by atoms with Gasteiger partial charge in [-0.05, 0) is 55.4 Å². The molecule has 2 aromatic carbocycles. The minimum Gasteiger partial charge on any atom is -0.496 e. The van der Waals surface area contributed by atoms with Crippen LogP contribution in [0, 0.1) is 5.41 Å². The molecule has 0 saturated heterocycles. The molecule has 2 aromatic heterocycles. The molecule has 180 valence electrons. The van der Waals surface area contributed by atoms with Crippen LogP contribution >= 0.6 is 0 Å². The number of hydrogen-bond acceptors (Lipinski definition) is 5. The first-order chi connectivity index (χ1) is 17.0. The lowest BCUT2D eigenvalue weighted by Crippen LogP contribution is -2.50. The minimum absolute atomic E-state index is 0.0926. The standard InChI is InChI=1S/C27H29N5O3/c1-3-27(11-10-23-21-6-4-5-7-22(21)26(34)32-31-23)13-19(14-27)30-25(33)17-8-9-20(24(12-17)35-2)18-15-28-29-16-18/h4-9,12,15-16,19H,3,10-11,13-14H2,1-2H3,(H,28,29)(H,30,33)(H,32,34). The number of carbonyl (C=O) groups is 1. The Kier molecular flexibility index (Phi) is 6.11. The van der Waals surface area contributed by atoms with E-state index in [2.05, 4.69) is 32.6 Å². The average molecular weight is 472 g/mol. The molecule has 5 rings (SSSR count). The highest BCUT2D eigenvalue weighted by atomic mass is 16.5. The molecule has 1 aliphatic rings. The van der Waals surface area contributed by atoms with Crippen molar-refractivity contribution in [2.45, 2.75) is 45.1 Å². The normalized spacial score (nSPS) is 19.3. The lowest BCUT2D eigenvalue weighted by atomic mass is 9.61. The zero-order valence-corrected chi connectivity index (χ0v) is 19.9. The van der Waals surface area contributed by atoms with Crippen molar-refractivity contribution in [3.63, 3.8) is 0 Å². The first kappa shape index (κ1) is 22.8. The van der Waals surface area contributed by atoms with Gasteiger partial charge >= 0.3 is 0 Å². The molecule has 0 bridgehead atoms. The number of aryl methyl sites for hydroxylation is 1. The third-order valence-corrected chi connectivity index (χ3v) is 7.38. The zero-order valence-electron chi connectivity index (χ0n) is 19.9. The second kappa shape index (κ2) is 9.37. The van der Waals surface area contributed by atoms with Gasteiger partial charge < -0.3 is 10.1 Å². The summed E-state index contributed by atoms with van der Waals surface area (Å²) in [4.78, 5) is 25.0. The van der Waals surface area contributed by atoms with Crippen molar-refractivity contribution in [3.8, 4) is 16.9 Å². The van der Waals surface area contributed by atoms with E-state index < -0.39 is 0 Å². The van der Waals surface area contributed by atoms with Gasteiger partial charge in [0, 0.05) is 34.3 Å². The van der Waals surface area contributed by atoms with Gasteiger partial charge in [0.25, 0.3) is 11.5 Å². The van der Waals surface area contributed by atoms with Crippen LogP contribution in [-0.2, 0) is 6.42 Å². The second-order valence-electron chi connectivity index (χ2n) is 9.38. The molecule has 3 N–H and O–H groups in total. The smallest absolute Gasteiger partial charge is 0.272 e. The Morgan fingerprint density at radius 3 is 2.71 bits per heavy atom. The predicted molar refractivity (Wildman–Crippen MR) is 134 cm³/mol. The number of methoxy groups -OCH3 is 1. The van der Waals surface area contributed by atoms with Gasteiger partial charge in [0.15, 0.2) is 0 Å². The van der Waals surface area contributed by atoms with Gasteiger partial charge in [-0.2, -0.15) is 10.2 Å². The van der Waals surface area contributed by atoms with Crippen LogP contribution in [0.4, 0.5) is 0 Å². The summed E-state index contributed by atoms with van der Waals surface area (Å²) in [6.07, 6.45) is 8.17. The van der Waals surface area contributed by atoms with Gasteiger partial charge in [-0.25, -0.2) is 5.10 Å². The highest BCUT2D eigenvalue weighted by molar-refractivity contribution is 5.96. The number of nitrogens with one attached hydrogen (secondary N) is 3. The van der Waals surface area contributed by atoms with Gasteiger partial charge in [-0.15, -0.1) is 0 Å². The summed E-state index contributed by atoms with van der Waals surface area (Å²) in [6, 6.07) is 13.2. The van der Waals surface area contributed by atoms with E-state index in [0.29, 0.717) is 16.7 Å². The fraction of sp³-hybridized carbons (Fsp3) is 0.333. The van der Waals surface area contributed by atoms with Crippen molar-refractivity contribution in [2.75, 3.05) is 7.11 Å². The molecule has 0 unspecified atom stereocenters. The van der Waals surface area contributed by atoms with E-state index in [-0.39, 0.29) is 22.9 Å². The van der Waals surface area contributed by atoms with Crippen molar-refractivity contribution in [2.24, 2.45) is 5.41 Å². The molecule has 8 heteroatoms. The number of amides is 1. The Labute approximate surface area is 203 Å². The Balaban J connectivity index is 1.22. The molecular weight excluding hydrogens is 442 g/mol. The number of aromatic nitrogens is 4. The number of aromatic amines is 2. The van der Waals surface area contributed by atoms with Crippen LogP contribution < -0.4 is 15.6 Å². The molecule has 0 aliphatic heterocycles. The summed E-state index contributed by atoms with van der Waals surface area (Å²) in [5.41, 5.74) is 3.30. The number of ether oxygens (including phenoxy) is 1. The van der Waals surface area contributed by atoms with Crippen LogP contribution in [0.15, 0.2) is 59.7 Å². The fourth-order valence-corrected chi connectivity index (χ4v) is 5.24. The molecule has 2 heterocycles. The molecule has 0 radical (unpaired) electrons. The molecular formula is C27H29N5O3. The van der Waals surface area contributed by atoms with Crippen LogP contribution in [-0.4, -0.2) is 39.5 Å². The molecule has 1 aliphatic carbocycles. The molecule has 1 fully saturated rings. The second-order valence-corrected chi connectivity index (χ2v) is 9.38. The molecule has 4 aromatic rings. The van der Waals surface area contributed by atoms with Crippen LogP contribution in [0.2, 0.25) is 0 Å². The van der Waals surface area contributed by atoms with Crippen LogP contribution in [0.5, 0.6) is 5.75 Å². The molecule has 0 atom stereocenters. The predicted octanol–water partition coefficient (Wildman–Crippen LogP) is 4.24. The van der Waals surface area contributed by atoms with Gasteiger partial charge in [0.2, 0.25) is 0 Å². The lowest BCUT2D eigenvalue weighted by Gasteiger charge is -2.48. The Hall–Kier alpha value is -3.94. The molecule has 35 heavy (non-hydrogen) atoms. The first-order valence-corrected chi connectivity index (χ1v) is 12.0. The maximum absolute atomic E-state index is 12.9. The Morgan fingerprint density at radius 2 is 2.00 bits per heavy atom. The third-order valence-electron chi connectivity index (χ3n) is 7.38. The van der Waals surface area contributed by atoms with E-state index in [1.54, 1.807) is 25.6 Å². The SMILES string of the molecule is CCC1(CCc2n[nH]c(=O)c3ccccc23)CC(NC(=O)c2ccc(-c3cn[nH]c3)c(OC)c2)C1. The van der Waals surface area contributed by atoms with Crippen molar-refractivity contribution in [1.29, 1.82) is 0 Å². The topological polar surface area (TPSA) is 113 Å². The maximum Gasteiger partial charge on any atom is 0.272 e. The Morgan fingerprint density at radius 1 is 1.20 bits per heavy atom. The summed E-state index contributed by atoms with van der Waals surface area (Å²) in [6.45, 7) is 2.20.